The van der Waals surface area contributed by atoms with Gasteiger partial charge in [-0.25, -0.2) is 0 Å². The molecular formula is C7H16N4. The van der Waals surface area contributed by atoms with Crippen molar-refractivity contribution in [2.45, 2.75) is 25.3 Å². The highest BCUT2D eigenvalue weighted by Gasteiger charge is 2.20. The van der Waals surface area contributed by atoms with Crippen LogP contribution in [0.5, 0.6) is 0 Å². The molecule has 0 saturated heterocycles. The van der Waals surface area contributed by atoms with Crippen LogP contribution in [0.4, 0.5) is 0 Å². The first-order valence-corrected chi connectivity index (χ1v) is 3.99. The largest absolute Gasteiger partial charge is 0.370 e. The molecule has 0 radical (unpaired) electrons. The zero-order valence-corrected chi connectivity index (χ0v) is 6.66. The summed E-state index contributed by atoms with van der Waals surface area (Å²) in [6.07, 6.45) is 3.35. The molecule has 0 aromatic heterocycles. The summed E-state index contributed by atoms with van der Waals surface area (Å²) in [5.41, 5.74) is 16.1. The summed E-state index contributed by atoms with van der Waals surface area (Å²) in [5.74, 6) is 0.789. The lowest BCUT2D eigenvalue weighted by Crippen LogP contribution is -2.24. The Kier molecular flexibility index (Phi) is 2.70. The highest BCUT2D eigenvalue weighted by Crippen LogP contribution is 2.23. The third kappa shape index (κ3) is 2.76. The summed E-state index contributed by atoms with van der Waals surface area (Å²) >= 11 is 0. The Morgan fingerprint density at radius 2 is 2.09 bits per heavy atom. The molecule has 2 unspecified atom stereocenters. The van der Waals surface area contributed by atoms with Crippen molar-refractivity contribution in [2.24, 2.45) is 28.1 Å². The van der Waals surface area contributed by atoms with Gasteiger partial charge in [0.25, 0.3) is 0 Å². The molecular weight excluding hydrogens is 140 g/mol. The van der Waals surface area contributed by atoms with E-state index in [0.717, 1.165) is 25.8 Å². The molecule has 1 rings (SSSR count). The molecule has 2 atom stereocenters. The van der Waals surface area contributed by atoms with E-state index in [9.17, 15) is 0 Å². The van der Waals surface area contributed by atoms with Gasteiger partial charge in [-0.3, -0.25) is 4.99 Å². The Morgan fingerprint density at radius 1 is 1.36 bits per heavy atom. The quantitative estimate of drug-likeness (QED) is 0.368. The molecule has 1 saturated carbocycles. The van der Waals surface area contributed by atoms with E-state index in [1.807, 2.05) is 0 Å². The van der Waals surface area contributed by atoms with Crippen molar-refractivity contribution in [3.63, 3.8) is 0 Å². The Balaban J connectivity index is 2.23. The summed E-state index contributed by atoms with van der Waals surface area (Å²) in [6, 6.07) is 0.370. The number of hydrogen-bond acceptors (Lipinski definition) is 2. The summed E-state index contributed by atoms with van der Waals surface area (Å²) < 4.78 is 0. The van der Waals surface area contributed by atoms with Crippen LogP contribution < -0.4 is 17.2 Å². The average Bonchev–Trinajstić information content (AvgIpc) is 2.31. The predicted octanol–water partition coefficient (Wildman–Crippen LogP) is -0.613. The van der Waals surface area contributed by atoms with E-state index < -0.39 is 0 Å². The van der Waals surface area contributed by atoms with E-state index in [1.54, 1.807) is 0 Å². The molecule has 0 heterocycles. The van der Waals surface area contributed by atoms with Crippen LogP contribution in [-0.4, -0.2) is 18.5 Å². The van der Waals surface area contributed by atoms with Gasteiger partial charge in [-0.2, -0.15) is 0 Å². The first-order valence-electron chi connectivity index (χ1n) is 3.99. The van der Waals surface area contributed by atoms with Crippen molar-refractivity contribution < 1.29 is 0 Å². The van der Waals surface area contributed by atoms with Gasteiger partial charge in [0.1, 0.15) is 0 Å². The molecule has 0 spiro atoms. The second-order valence-corrected chi connectivity index (χ2v) is 3.20. The summed E-state index contributed by atoms with van der Waals surface area (Å²) in [4.78, 5) is 3.96. The Labute approximate surface area is 66.8 Å². The molecule has 6 N–H and O–H groups in total. The lowest BCUT2D eigenvalue weighted by Gasteiger charge is -2.04. The van der Waals surface area contributed by atoms with Crippen LogP contribution in [0, 0.1) is 5.92 Å². The Hall–Kier alpha value is -0.770. The summed E-state index contributed by atoms with van der Waals surface area (Å²) in [7, 11) is 0. The number of hydrogen-bond donors (Lipinski definition) is 3. The molecule has 0 aromatic rings. The maximum Gasteiger partial charge on any atom is 0.185 e. The number of aliphatic imine (C=N–C) groups is 1. The number of rotatable bonds is 2. The van der Waals surface area contributed by atoms with E-state index in [2.05, 4.69) is 4.99 Å². The molecule has 0 amide bonds. The van der Waals surface area contributed by atoms with Gasteiger partial charge in [0.2, 0.25) is 0 Å². The maximum atomic E-state index is 5.72. The zero-order valence-electron chi connectivity index (χ0n) is 6.66. The molecule has 1 aliphatic carbocycles. The fourth-order valence-electron chi connectivity index (χ4n) is 1.51. The average molecular weight is 156 g/mol. The number of nitrogens with two attached hydrogens (primary N) is 3. The lowest BCUT2D eigenvalue weighted by molar-refractivity contribution is 0.550. The van der Waals surface area contributed by atoms with Gasteiger partial charge in [-0.05, 0) is 25.2 Å². The predicted molar refractivity (Wildman–Crippen MR) is 46.0 cm³/mol. The van der Waals surface area contributed by atoms with E-state index >= 15 is 0 Å². The minimum Gasteiger partial charge on any atom is -0.370 e. The van der Waals surface area contributed by atoms with Crippen LogP contribution in [0.1, 0.15) is 19.3 Å². The zero-order chi connectivity index (χ0) is 8.27. The van der Waals surface area contributed by atoms with Crippen LogP contribution >= 0.6 is 0 Å². The van der Waals surface area contributed by atoms with Crippen LogP contribution in [0.15, 0.2) is 4.99 Å². The molecule has 4 heteroatoms. The van der Waals surface area contributed by atoms with Gasteiger partial charge in [-0.1, -0.05) is 0 Å². The van der Waals surface area contributed by atoms with Crippen molar-refractivity contribution in [2.75, 3.05) is 6.54 Å². The fraction of sp³-hybridized carbons (Fsp3) is 0.857. The number of guanidine groups is 1. The second-order valence-electron chi connectivity index (χ2n) is 3.20. The Morgan fingerprint density at radius 3 is 2.55 bits per heavy atom. The van der Waals surface area contributed by atoms with Crippen molar-refractivity contribution in [3.05, 3.63) is 0 Å². The highest BCUT2D eigenvalue weighted by atomic mass is 15.0. The van der Waals surface area contributed by atoms with E-state index in [-0.39, 0.29) is 5.96 Å². The van der Waals surface area contributed by atoms with Crippen LogP contribution in [-0.2, 0) is 0 Å². The third-order valence-corrected chi connectivity index (χ3v) is 2.11. The van der Waals surface area contributed by atoms with E-state index in [0.29, 0.717) is 12.0 Å². The van der Waals surface area contributed by atoms with E-state index in [1.165, 1.54) is 0 Å². The fourth-order valence-corrected chi connectivity index (χ4v) is 1.51. The lowest BCUT2D eigenvalue weighted by atomic mass is 10.1. The molecule has 1 aliphatic rings. The van der Waals surface area contributed by atoms with Gasteiger partial charge < -0.3 is 17.2 Å². The normalized spacial score (nSPS) is 30.3. The van der Waals surface area contributed by atoms with Gasteiger partial charge in [0.05, 0.1) is 0 Å². The molecule has 1 fully saturated rings. The topological polar surface area (TPSA) is 90.4 Å². The minimum atomic E-state index is 0.186. The smallest absolute Gasteiger partial charge is 0.185 e. The van der Waals surface area contributed by atoms with Crippen molar-refractivity contribution >= 4 is 5.96 Å². The second kappa shape index (κ2) is 3.57. The third-order valence-electron chi connectivity index (χ3n) is 2.11. The van der Waals surface area contributed by atoms with Crippen LogP contribution in [0.2, 0.25) is 0 Å². The molecule has 0 bridgehead atoms. The highest BCUT2D eigenvalue weighted by molar-refractivity contribution is 5.75. The van der Waals surface area contributed by atoms with Gasteiger partial charge >= 0.3 is 0 Å². The van der Waals surface area contributed by atoms with Gasteiger partial charge in [0, 0.05) is 12.6 Å². The first-order chi connectivity index (χ1) is 5.18. The van der Waals surface area contributed by atoms with Crippen molar-refractivity contribution in [1.29, 1.82) is 0 Å². The molecule has 0 aliphatic heterocycles. The minimum absolute atomic E-state index is 0.186. The van der Waals surface area contributed by atoms with Crippen molar-refractivity contribution in [1.82, 2.24) is 0 Å². The summed E-state index contributed by atoms with van der Waals surface area (Å²) in [5, 5.41) is 0. The standard InChI is InChI=1S/C7H16N4/c8-6-2-1-5(3-6)4-11-7(9)10/h5-6H,1-4,8H2,(H4,9,10,11). The van der Waals surface area contributed by atoms with Crippen molar-refractivity contribution in [3.8, 4) is 0 Å². The van der Waals surface area contributed by atoms with E-state index in [4.69, 9.17) is 17.2 Å². The monoisotopic (exact) mass is 156 g/mol. The summed E-state index contributed by atoms with van der Waals surface area (Å²) in [6.45, 7) is 0.746. The maximum absolute atomic E-state index is 5.72. The molecule has 4 nitrogen and oxygen atoms in total. The molecule has 11 heavy (non-hydrogen) atoms. The van der Waals surface area contributed by atoms with Gasteiger partial charge in [-0.15, -0.1) is 0 Å². The van der Waals surface area contributed by atoms with Crippen LogP contribution in [0.25, 0.3) is 0 Å². The molecule has 64 valence electrons. The molecule has 0 aromatic carbocycles. The van der Waals surface area contributed by atoms with Gasteiger partial charge in [0.15, 0.2) is 5.96 Å². The first kappa shape index (κ1) is 8.33. The number of nitrogens with zero attached hydrogens (tertiary/aromatic N) is 1. The Bertz CT molecular complexity index is 151. The van der Waals surface area contributed by atoms with Crippen LogP contribution in [0.3, 0.4) is 0 Å². The SMILES string of the molecule is NC(N)=NCC1CCC(N)C1.